The fraction of sp³-hybridized carbons (Fsp3) is 0.125. The standard InChI is InChI=1S/C16H10F4N4O2/c17-9-1-3-12-11(5-9)15(26)24(8-22-12)7-14(25)23-10-2-4-13(21-6-10)16(18,19)20/h1-6,8H,7H2,(H,23,25). The summed E-state index contributed by atoms with van der Waals surface area (Å²) in [4.78, 5) is 31.4. The highest BCUT2D eigenvalue weighted by atomic mass is 19.4. The maximum absolute atomic E-state index is 13.3. The Hall–Kier alpha value is -3.30. The zero-order valence-electron chi connectivity index (χ0n) is 12.9. The predicted molar refractivity (Wildman–Crippen MR) is 83.8 cm³/mol. The summed E-state index contributed by atoms with van der Waals surface area (Å²) < 4.78 is 51.6. The molecule has 0 atom stereocenters. The summed E-state index contributed by atoms with van der Waals surface area (Å²) in [6, 6.07) is 5.28. The van der Waals surface area contributed by atoms with E-state index < -0.39 is 35.7 Å². The molecule has 26 heavy (non-hydrogen) atoms. The van der Waals surface area contributed by atoms with Gasteiger partial charge in [-0.3, -0.25) is 14.2 Å². The number of nitrogens with one attached hydrogen (secondary N) is 1. The molecule has 1 amide bonds. The van der Waals surface area contributed by atoms with Crippen molar-refractivity contribution in [3.8, 4) is 0 Å². The summed E-state index contributed by atoms with van der Waals surface area (Å²) in [7, 11) is 0. The van der Waals surface area contributed by atoms with Crippen LogP contribution in [0, 0.1) is 5.82 Å². The maximum Gasteiger partial charge on any atom is 0.433 e. The fourth-order valence-corrected chi connectivity index (χ4v) is 2.23. The Labute approximate surface area is 143 Å². The number of aromatic nitrogens is 3. The van der Waals surface area contributed by atoms with E-state index in [1.54, 1.807) is 0 Å². The predicted octanol–water partition coefficient (Wildman–Crippen LogP) is 2.59. The second-order valence-electron chi connectivity index (χ2n) is 5.32. The molecule has 1 aromatic carbocycles. The third kappa shape index (κ3) is 3.68. The van der Waals surface area contributed by atoms with Crippen molar-refractivity contribution < 1.29 is 22.4 Å². The van der Waals surface area contributed by atoms with Gasteiger partial charge in [0.2, 0.25) is 5.91 Å². The minimum absolute atomic E-state index is 0.0106. The van der Waals surface area contributed by atoms with Crippen LogP contribution in [-0.4, -0.2) is 20.4 Å². The number of hydrogen-bond donors (Lipinski definition) is 1. The highest BCUT2D eigenvalue weighted by Gasteiger charge is 2.32. The van der Waals surface area contributed by atoms with Crippen LogP contribution in [0.15, 0.2) is 47.7 Å². The molecule has 0 fully saturated rings. The highest BCUT2D eigenvalue weighted by Crippen LogP contribution is 2.27. The molecule has 0 spiro atoms. The topological polar surface area (TPSA) is 76.9 Å². The van der Waals surface area contributed by atoms with Crippen LogP contribution in [0.1, 0.15) is 5.69 Å². The SMILES string of the molecule is O=C(Cn1cnc2ccc(F)cc2c1=O)Nc1ccc(C(F)(F)F)nc1. The van der Waals surface area contributed by atoms with E-state index in [1.165, 1.54) is 6.07 Å². The second kappa shape index (κ2) is 6.54. The highest BCUT2D eigenvalue weighted by molar-refractivity contribution is 5.90. The molecule has 2 aromatic heterocycles. The Bertz CT molecular complexity index is 1030. The zero-order valence-corrected chi connectivity index (χ0v) is 12.9. The van der Waals surface area contributed by atoms with Crippen molar-refractivity contribution in [2.24, 2.45) is 0 Å². The molecule has 0 aliphatic heterocycles. The van der Waals surface area contributed by atoms with E-state index in [0.29, 0.717) is 0 Å². The van der Waals surface area contributed by atoms with Gasteiger partial charge in [0.1, 0.15) is 18.1 Å². The van der Waals surface area contributed by atoms with E-state index in [1.807, 2.05) is 0 Å². The first-order valence-electron chi connectivity index (χ1n) is 7.22. The summed E-state index contributed by atoms with van der Waals surface area (Å²) in [5, 5.41) is 2.34. The van der Waals surface area contributed by atoms with Crippen molar-refractivity contribution in [2.75, 3.05) is 5.32 Å². The molecule has 1 N–H and O–H groups in total. The van der Waals surface area contributed by atoms with Gasteiger partial charge in [0.15, 0.2) is 0 Å². The number of fused-ring (bicyclic) bond motifs is 1. The lowest BCUT2D eigenvalue weighted by Crippen LogP contribution is -2.28. The molecule has 0 bridgehead atoms. The Morgan fingerprint density at radius 1 is 1.15 bits per heavy atom. The van der Waals surface area contributed by atoms with Crippen LogP contribution in [0.3, 0.4) is 0 Å². The Morgan fingerprint density at radius 2 is 1.92 bits per heavy atom. The lowest BCUT2D eigenvalue weighted by Gasteiger charge is -2.09. The Morgan fingerprint density at radius 3 is 2.58 bits per heavy atom. The van der Waals surface area contributed by atoms with E-state index in [9.17, 15) is 27.2 Å². The lowest BCUT2D eigenvalue weighted by molar-refractivity contribution is -0.141. The number of alkyl halides is 3. The van der Waals surface area contributed by atoms with Crippen LogP contribution in [0.25, 0.3) is 10.9 Å². The molecule has 0 aliphatic rings. The van der Waals surface area contributed by atoms with Crippen LogP contribution in [0.5, 0.6) is 0 Å². The van der Waals surface area contributed by atoms with E-state index in [0.717, 1.165) is 41.4 Å². The number of carbonyl (C=O) groups is 1. The largest absolute Gasteiger partial charge is 0.433 e. The van der Waals surface area contributed by atoms with Crippen LogP contribution >= 0.6 is 0 Å². The maximum atomic E-state index is 13.3. The third-order valence-electron chi connectivity index (χ3n) is 3.44. The van der Waals surface area contributed by atoms with Gasteiger partial charge in [-0.25, -0.2) is 14.4 Å². The number of benzene rings is 1. The van der Waals surface area contributed by atoms with Gasteiger partial charge in [0, 0.05) is 0 Å². The van der Waals surface area contributed by atoms with Gasteiger partial charge in [0.05, 0.1) is 29.1 Å². The number of nitrogens with zero attached hydrogens (tertiary/aromatic N) is 3. The minimum atomic E-state index is -4.58. The molecule has 3 rings (SSSR count). The molecular formula is C16H10F4N4O2. The van der Waals surface area contributed by atoms with Crippen molar-refractivity contribution in [1.29, 1.82) is 0 Å². The van der Waals surface area contributed by atoms with Crippen molar-refractivity contribution >= 4 is 22.5 Å². The molecule has 3 aromatic rings. The monoisotopic (exact) mass is 366 g/mol. The molecule has 0 unspecified atom stereocenters. The average molecular weight is 366 g/mol. The molecule has 0 saturated carbocycles. The van der Waals surface area contributed by atoms with Crippen molar-refractivity contribution in [1.82, 2.24) is 14.5 Å². The molecule has 2 heterocycles. The number of pyridine rings is 1. The number of carbonyl (C=O) groups excluding carboxylic acids is 1. The van der Waals surface area contributed by atoms with Crippen LogP contribution in [0.4, 0.5) is 23.2 Å². The van der Waals surface area contributed by atoms with Gasteiger partial charge in [-0.05, 0) is 30.3 Å². The Kier molecular flexibility index (Phi) is 4.41. The van der Waals surface area contributed by atoms with Crippen molar-refractivity contribution in [2.45, 2.75) is 12.7 Å². The van der Waals surface area contributed by atoms with Gasteiger partial charge in [-0.15, -0.1) is 0 Å². The summed E-state index contributed by atoms with van der Waals surface area (Å²) in [6.45, 7) is -0.445. The number of rotatable bonds is 3. The third-order valence-corrected chi connectivity index (χ3v) is 3.44. The molecule has 0 saturated heterocycles. The molecule has 6 nitrogen and oxygen atoms in total. The zero-order chi connectivity index (χ0) is 18.9. The van der Waals surface area contributed by atoms with E-state index in [-0.39, 0.29) is 16.6 Å². The molecule has 0 aliphatic carbocycles. The van der Waals surface area contributed by atoms with Crippen molar-refractivity contribution in [3.05, 3.63) is 64.7 Å². The van der Waals surface area contributed by atoms with Gasteiger partial charge >= 0.3 is 6.18 Å². The molecule has 134 valence electrons. The van der Waals surface area contributed by atoms with Gasteiger partial charge in [0.25, 0.3) is 5.56 Å². The summed E-state index contributed by atoms with van der Waals surface area (Å²) in [5.41, 5.74) is -1.39. The van der Waals surface area contributed by atoms with Gasteiger partial charge in [-0.2, -0.15) is 13.2 Å². The van der Waals surface area contributed by atoms with Crippen LogP contribution in [0.2, 0.25) is 0 Å². The van der Waals surface area contributed by atoms with Gasteiger partial charge in [-0.1, -0.05) is 0 Å². The molecular weight excluding hydrogens is 356 g/mol. The summed E-state index contributed by atoms with van der Waals surface area (Å²) in [6.07, 6.45) is -2.59. The van der Waals surface area contributed by atoms with Crippen LogP contribution in [-0.2, 0) is 17.5 Å². The van der Waals surface area contributed by atoms with Crippen LogP contribution < -0.4 is 10.9 Å². The van der Waals surface area contributed by atoms with E-state index >= 15 is 0 Å². The molecule has 10 heteroatoms. The average Bonchev–Trinajstić information content (AvgIpc) is 2.57. The minimum Gasteiger partial charge on any atom is -0.323 e. The first kappa shape index (κ1) is 17.5. The second-order valence-corrected chi connectivity index (χ2v) is 5.32. The smallest absolute Gasteiger partial charge is 0.323 e. The normalized spacial score (nSPS) is 11.5. The number of amides is 1. The quantitative estimate of drug-likeness (QED) is 0.723. The van der Waals surface area contributed by atoms with Crippen molar-refractivity contribution in [3.63, 3.8) is 0 Å². The van der Waals surface area contributed by atoms with E-state index in [2.05, 4.69) is 15.3 Å². The first-order valence-corrected chi connectivity index (χ1v) is 7.22. The number of halogens is 4. The van der Waals surface area contributed by atoms with Gasteiger partial charge < -0.3 is 5.32 Å². The molecule has 0 radical (unpaired) electrons. The Balaban J connectivity index is 1.77. The number of anilines is 1. The summed E-state index contributed by atoms with van der Waals surface area (Å²) >= 11 is 0. The number of hydrogen-bond acceptors (Lipinski definition) is 4. The fourth-order valence-electron chi connectivity index (χ4n) is 2.23. The summed E-state index contributed by atoms with van der Waals surface area (Å²) in [5.74, 6) is -1.29. The van der Waals surface area contributed by atoms with E-state index in [4.69, 9.17) is 0 Å². The lowest BCUT2D eigenvalue weighted by atomic mass is 10.2. The first-order chi connectivity index (χ1) is 12.2.